The summed E-state index contributed by atoms with van der Waals surface area (Å²) in [6.07, 6.45) is 3.78. The van der Waals surface area contributed by atoms with Gasteiger partial charge in [-0.25, -0.2) is 9.97 Å². The highest BCUT2D eigenvalue weighted by Crippen LogP contribution is 2.22. The molecule has 0 saturated carbocycles. The molecule has 0 aliphatic heterocycles. The number of allylic oxidation sites excluding steroid dienone is 2. The van der Waals surface area contributed by atoms with Gasteiger partial charge in [0, 0.05) is 24.9 Å². The van der Waals surface area contributed by atoms with Crippen molar-refractivity contribution in [1.29, 1.82) is 0 Å². The number of hydrogen-bond acceptors (Lipinski definition) is 5. The number of nitrogens with zero attached hydrogens (tertiary/aromatic N) is 3. The van der Waals surface area contributed by atoms with Crippen LogP contribution >= 0.6 is 11.6 Å². The molecule has 31 heavy (non-hydrogen) atoms. The Morgan fingerprint density at radius 2 is 2.19 bits per heavy atom. The number of benzene rings is 1. The molecule has 0 aliphatic carbocycles. The maximum atomic E-state index is 13.1. The average molecular weight is 435 g/mol. The van der Waals surface area contributed by atoms with Crippen LogP contribution in [0.2, 0.25) is 5.02 Å². The maximum absolute atomic E-state index is 13.1. The zero-order valence-corrected chi connectivity index (χ0v) is 18.2. The van der Waals surface area contributed by atoms with Gasteiger partial charge in [-0.2, -0.15) is 0 Å². The molecule has 2 aromatic heterocycles. The summed E-state index contributed by atoms with van der Waals surface area (Å²) in [6.45, 7) is 10.2. The van der Waals surface area contributed by atoms with Gasteiger partial charge in [0.15, 0.2) is 11.4 Å². The van der Waals surface area contributed by atoms with Gasteiger partial charge in [0.25, 0.3) is 5.56 Å². The van der Waals surface area contributed by atoms with Gasteiger partial charge in [0.2, 0.25) is 0 Å². The van der Waals surface area contributed by atoms with E-state index in [1.54, 1.807) is 37.6 Å². The molecule has 0 spiro atoms. The van der Waals surface area contributed by atoms with E-state index in [1.807, 2.05) is 13.0 Å². The maximum Gasteiger partial charge on any atom is 0.267 e. The van der Waals surface area contributed by atoms with Crippen LogP contribution in [-0.2, 0) is 0 Å². The van der Waals surface area contributed by atoms with E-state index < -0.39 is 0 Å². The molecule has 6 nitrogen and oxygen atoms in total. The molecule has 1 aromatic carbocycles. The summed E-state index contributed by atoms with van der Waals surface area (Å²) in [5, 5.41) is 4.07. The number of aromatic nitrogens is 3. The van der Waals surface area contributed by atoms with E-state index in [9.17, 15) is 4.79 Å². The third kappa shape index (κ3) is 4.85. The largest absolute Gasteiger partial charge is 0.494 e. The van der Waals surface area contributed by atoms with E-state index in [-0.39, 0.29) is 11.6 Å². The zero-order chi connectivity index (χ0) is 22.4. The molecule has 0 fully saturated rings. The van der Waals surface area contributed by atoms with Crippen LogP contribution in [0.5, 0.6) is 5.75 Å². The number of hydrogen-bond donors (Lipinski definition) is 1. The van der Waals surface area contributed by atoms with E-state index in [0.717, 1.165) is 0 Å². The second kappa shape index (κ2) is 10.1. The molecular formula is C24H23ClN4O2. The van der Waals surface area contributed by atoms with Gasteiger partial charge < -0.3 is 10.1 Å². The van der Waals surface area contributed by atoms with Crippen LogP contribution in [-0.4, -0.2) is 28.2 Å². The molecule has 1 atom stereocenters. The smallest absolute Gasteiger partial charge is 0.267 e. The summed E-state index contributed by atoms with van der Waals surface area (Å²) in [6, 6.07) is 8.59. The lowest BCUT2D eigenvalue weighted by Crippen LogP contribution is -2.30. The Morgan fingerprint density at radius 1 is 1.39 bits per heavy atom. The highest BCUT2D eigenvalue weighted by Gasteiger charge is 2.18. The van der Waals surface area contributed by atoms with Gasteiger partial charge in [0.1, 0.15) is 5.82 Å². The minimum atomic E-state index is -0.272. The van der Waals surface area contributed by atoms with Crippen LogP contribution in [0.1, 0.15) is 30.9 Å². The van der Waals surface area contributed by atoms with Crippen molar-refractivity contribution >= 4 is 28.2 Å². The van der Waals surface area contributed by atoms with Gasteiger partial charge in [-0.15, -0.1) is 0 Å². The lowest BCUT2D eigenvalue weighted by Gasteiger charge is -2.19. The molecule has 0 bridgehead atoms. The highest BCUT2D eigenvalue weighted by molar-refractivity contribution is 6.35. The number of fused-ring (bicyclic) bond motifs is 1. The fourth-order valence-electron chi connectivity index (χ4n) is 3.10. The first-order chi connectivity index (χ1) is 15.0. The fraction of sp³-hybridized carbons (Fsp3) is 0.208. The lowest BCUT2D eigenvalue weighted by atomic mass is 10.2. The normalized spacial score (nSPS) is 11.5. The van der Waals surface area contributed by atoms with Crippen molar-refractivity contribution in [3.05, 3.63) is 82.7 Å². The number of nitrogens with one attached hydrogen (secondary N) is 1. The zero-order valence-electron chi connectivity index (χ0n) is 17.5. The first-order valence-electron chi connectivity index (χ1n) is 9.72. The summed E-state index contributed by atoms with van der Waals surface area (Å²) in [5.41, 5.74) is 1.30. The predicted octanol–water partition coefficient (Wildman–Crippen LogP) is 4.20. The van der Waals surface area contributed by atoms with Crippen molar-refractivity contribution < 1.29 is 4.74 Å². The van der Waals surface area contributed by atoms with Crippen LogP contribution in [0.25, 0.3) is 16.6 Å². The van der Waals surface area contributed by atoms with Crippen molar-refractivity contribution in [3.8, 4) is 17.6 Å². The number of pyridine rings is 1. The Labute approximate surface area is 186 Å². The standard InChI is InChI=1S/C24H23ClN4O2/c1-5-16(2)29-23(28-20-12-8-10-18(25)22(20)24(29)30)17(3)26-14-7-6-11-19-21(31-4)13-9-15-27-19/h5,8-10,12-13,15,17,26H,1-2,7,14H2,3-4H3. The molecular weight excluding hydrogens is 412 g/mol. The molecule has 158 valence electrons. The van der Waals surface area contributed by atoms with Crippen LogP contribution in [0.3, 0.4) is 0 Å². The molecule has 0 amide bonds. The predicted molar refractivity (Wildman–Crippen MR) is 125 cm³/mol. The molecule has 1 unspecified atom stereocenters. The molecule has 3 aromatic rings. The number of ether oxygens (including phenoxy) is 1. The third-order valence-electron chi connectivity index (χ3n) is 4.68. The monoisotopic (exact) mass is 434 g/mol. The first-order valence-corrected chi connectivity index (χ1v) is 10.1. The van der Waals surface area contributed by atoms with Crippen molar-refractivity contribution in [3.63, 3.8) is 0 Å². The molecule has 7 heteroatoms. The van der Waals surface area contributed by atoms with Gasteiger partial charge in [-0.1, -0.05) is 36.7 Å². The summed E-state index contributed by atoms with van der Waals surface area (Å²) in [4.78, 5) is 22.0. The van der Waals surface area contributed by atoms with E-state index >= 15 is 0 Å². The number of halogens is 1. The molecule has 0 saturated heterocycles. The van der Waals surface area contributed by atoms with Gasteiger partial charge >= 0.3 is 0 Å². The average Bonchev–Trinajstić information content (AvgIpc) is 2.78. The van der Waals surface area contributed by atoms with E-state index in [1.165, 1.54) is 10.6 Å². The highest BCUT2D eigenvalue weighted by atomic mass is 35.5. The number of methoxy groups -OCH3 is 1. The lowest BCUT2D eigenvalue weighted by molar-refractivity contribution is 0.411. The van der Waals surface area contributed by atoms with Crippen LogP contribution in [0, 0.1) is 11.8 Å². The summed E-state index contributed by atoms with van der Waals surface area (Å²) in [5.74, 6) is 7.27. The topological polar surface area (TPSA) is 69.0 Å². The van der Waals surface area contributed by atoms with Crippen molar-refractivity contribution in [2.45, 2.75) is 19.4 Å². The second-order valence-electron chi connectivity index (χ2n) is 6.72. The van der Waals surface area contributed by atoms with Gasteiger partial charge in [-0.05, 0) is 43.2 Å². The second-order valence-corrected chi connectivity index (χ2v) is 7.13. The summed E-state index contributed by atoms with van der Waals surface area (Å²) >= 11 is 6.25. The molecule has 2 heterocycles. The van der Waals surface area contributed by atoms with Crippen LogP contribution in [0.15, 0.2) is 60.6 Å². The van der Waals surface area contributed by atoms with E-state index in [2.05, 4.69) is 40.3 Å². The Hall–Kier alpha value is -3.40. The van der Waals surface area contributed by atoms with Crippen molar-refractivity contribution in [2.24, 2.45) is 0 Å². The SMILES string of the molecule is C=CC(=C)n1c(C(C)NCCC#Cc2ncccc2OC)nc2cccc(Cl)c2c1=O. The number of rotatable bonds is 7. The molecule has 3 rings (SSSR count). The minimum absolute atomic E-state index is 0.237. The molecule has 0 aliphatic rings. The first kappa shape index (κ1) is 22.3. The van der Waals surface area contributed by atoms with Crippen molar-refractivity contribution in [2.75, 3.05) is 13.7 Å². The Morgan fingerprint density at radius 3 is 2.94 bits per heavy atom. The Bertz CT molecular complexity index is 1250. The summed E-state index contributed by atoms with van der Waals surface area (Å²) < 4.78 is 6.70. The quantitative estimate of drug-likeness (QED) is 0.343. The minimum Gasteiger partial charge on any atom is -0.494 e. The summed E-state index contributed by atoms with van der Waals surface area (Å²) in [7, 11) is 1.59. The van der Waals surface area contributed by atoms with E-state index in [4.69, 9.17) is 16.3 Å². The Balaban J connectivity index is 1.82. The van der Waals surface area contributed by atoms with E-state index in [0.29, 0.717) is 51.9 Å². The molecule has 1 N–H and O–H groups in total. The van der Waals surface area contributed by atoms with Crippen LogP contribution < -0.4 is 15.6 Å². The van der Waals surface area contributed by atoms with Crippen molar-refractivity contribution in [1.82, 2.24) is 19.9 Å². The van der Waals surface area contributed by atoms with Gasteiger partial charge in [-0.3, -0.25) is 9.36 Å². The van der Waals surface area contributed by atoms with Crippen LogP contribution in [0.4, 0.5) is 0 Å². The van der Waals surface area contributed by atoms with Gasteiger partial charge in [0.05, 0.1) is 29.1 Å². The third-order valence-corrected chi connectivity index (χ3v) is 5.00. The Kier molecular flexibility index (Phi) is 7.24. The molecule has 0 radical (unpaired) electrons. The fourth-order valence-corrected chi connectivity index (χ4v) is 3.35.